The van der Waals surface area contributed by atoms with Crippen LogP contribution in [0.2, 0.25) is 0 Å². The van der Waals surface area contributed by atoms with E-state index in [1.165, 1.54) is 51.5 Å². The van der Waals surface area contributed by atoms with E-state index in [1.54, 1.807) is 0 Å². The third-order valence-corrected chi connectivity index (χ3v) is 3.94. The summed E-state index contributed by atoms with van der Waals surface area (Å²) in [5.74, 6) is 1.05. The Balaban J connectivity index is 1.91. The van der Waals surface area contributed by atoms with Crippen LogP contribution in [-0.2, 0) is 4.74 Å². The van der Waals surface area contributed by atoms with Gasteiger partial charge in [-0.3, -0.25) is 4.90 Å². The minimum Gasteiger partial charge on any atom is -0.373 e. The molecule has 0 saturated carbocycles. The van der Waals surface area contributed by atoms with E-state index in [2.05, 4.69) is 31.4 Å². The maximum absolute atomic E-state index is 5.75. The van der Waals surface area contributed by atoms with Crippen LogP contribution in [0.5, 0.6) is 0 Å². The molecule has 0 N–H and O–H groups in total. The van der Waals surface area contributed by atoms with Gasteiger partial charge >= 0.3 is 0 Å². The monoisotopic (exact) mass is 273 g/mol. The Morgan fingerprint density at radius 3 is 1.94 bits per heavy atom. The quantitative estimate of drug-likeness (QED) is 0.507. The van der Waals surface area contributed by atoms with E-state index >= 15 is 0 Å². The van der Waals surface area contributed by atoms with Crippen molar-refractivity contribution < 1.29 is 4.74 Å². The molecule has 1 aliphatic heterocycles. The van der Waals surface area contributed by atoms with Crippen molar-refractivity contribution in [1.82, 2.24) is 4.90 Å². The third kappa shape index (κ3) is 7.65. The lowest BCUT2D eigenvalue weighted by Gasteiger charge is -2.35. The van der Waals surface area contributed by atoms with Crippen LogP contribution in [0.4, 0.5) is 0 Å². The van der Waals surface area contributed by atoms with E-state index in [1.807, 2.05) is 0 Å². The van der Waals surface area contributed by atoms with Crippen molar-refractivity contribution in [1.29, 1.82) is 0 Å². The van der Waals surface area contributed by atoms with Crippen LogP contribution in [-0.4, -0.2) is 42.5 Å². The predicted molar refractivity (Wildman–Crippen MR) is 82.6 cm³/mol. The molecular formula is C15H31NOS. The highest BCUT2D eigenvalue weighted by Crippen LogP contribution is 2.13. The fourth-order valence-electron chi connectivity index (χ4n) is 2.80. The van der Waals surface area contributed by atoms with Crippen LogP contribution in [0.3, 0.4) is 0 Å². The number of thiol groups is 1. The number of morpholine rings is 1. The van der Waals surface area contributed by atoms with Crippen molar-refractivity contribution in [3.8, 4) is 0 Å². The highest BCUT2D eigenvalue weighted by molar-refractivity contribution is 7.80. The summed E-state index contributed by atoms with van der Waals surface area (Å²) >= 11 is 4.24. The average molecular weight is 273 g/mol. The number of hydrogen-bond donors (Lipinski definition) is 1. The van der Waals surface area contributed by atoms with Gasteiger partial charge < -0.3 is 4.74 Å². The Morgan fingerprint density at radius 1 is 0.889 bits per heavy atom. The molecule has 1 fully saturated rings. The van der Waals surface area contributed by atoms with Crippen LogP contribution in [0.1, 0.15) is 58.8 Å². The first-order valence-corrected chi connectivity index (χ1v) is 8.34. The SMILES string of the molecule is C[C@@H]1CN(CCCCCCCCCS)C[C@H](C)O1. The molecule has 18 heavy (non-hydrogen) atoms. The van der Waals surface area contributed by atoms with Gasteiger partial charge in [-0.15, -0.1) is 0 Å². The van der Waals surface area contributed by atoms with E-state index in [9.17, 15) is 0 Å². The van der Waals surface area contributed by atoms with Crippen molar-refractivity contribution in [2.45, 2.75) is 71.0 Å². The lowest BCUT2D eigenvalue weighted by molar-refractivity contribution is -0.0681. The molecule has 0 bridgehead atoms. The van der Waals surface area contributed by atoms with Crippen LogP contribution in [0.25, 0.3) is 0 Å². The van der Waals surface area contributed by atoms with Crippen molar-refractivity contribution >= 4 is 12.6 Å². The molecule has 2 atom stereocenters. The maximum Gasteiger partial charge on any atom is 0.0678 e. The Hall–Kier alpha value is 0.270. The van der Waals surface area contributed by atoms with Gasteiger partial charge in [0.15, 0.2) is 0 Å². The molecule has 2 nitrogen and oxygen atoms in total. The molecule has 3 heteroatoms. The Morgan fingerprint density at radius 2 is 1.39 bits per heavy atom. The first kappa shape index (κ1) is 16.3. The molecule has 108 valence electrons. The summed E-state index contributed by atoms with van der Waals surface area (Å²) in [5.41, 5.74) is 0. The van der Waals surface area contributed by atoms with Crippen molar-refractivity contribution in [3.05, 3.63) is 0 Å². The summed E-state index contributed by atoms with van der Waals surface area (Å²) in [4.78, 5) is 2.57. The normalized spacial score (nSPS) is 25.5. The summed E-state index contributed by atoms with van der Waals surface area (Å²) in [7, 11) is 0. The highest BCUT2D eigenvalue weighted by atomic mass is 32.1. The van der Waals surface area contributed by atoms with Gasteiger partial charge in [-0.25, -0.2) is 0 Å². The number of ether oxygens (including phenoxy) is 1. The van der Waals surface area contributed by atoms with Gasteiger partial charge in [0, 0.05) is 13.1 Å². The highest BCUT2D eigenvalue weighted by Gasteiger charge is 2.21. The maximum atomic E-state index is 5.75. The third-order valence-electron chi connectivity index (χ3n) is 3.63. The zero-order chi connectivity index (χ0) is 13.2. The second-order valence-corrected chi connectivity index (χ2v) is 6.16. The van der Waals surface area contributed by atoms with Crippen molar-refractivity contribution in [2.24, 2.45) is 0 Å². The van der Waals surface area contributed by atoms with E-state index in [-0.39, 0.29) is 0 Å². The fraction of sp³-hybridized carbons (Fsp3) is 1.00. The zero-order valence-corrected chi connectivity index (χ0v) is 13.1. The topological polar surface area (TPSA) is 12.5 Å². The standard InChI is InChI=1S/C15H31NOS/c1-14-12-16(13-15(2)17-14)10-8-6-4-3-5-7-9-11-18/h14-15,18H,3-13H2,1-2H3/t14-,15+. The number of unbranched alkanes of at least 4 members (excludes halogenated alkanes) is 6. The van der Waals surface area contributed by atoms with Gasteiger partial charge in [-0.2, -0.15) is 12.6 Å². The summed E-state index contributed by atoms with van der Waals surface area (Å²) < 4.78 is 5.75. The molecule has 1 heterocycles. The van der Waals surface area contributed by atoms with Gasteiger partial charge in [0.2, 0.25) is 0 Å². The van der Waals surface area contributed by atoms with Crippen LogP contribution in [0.15, 0.2) is 0 Å². The van der Waals surface area contributed by atoms with Crippen molar-refractivity contribution in [3.63, 3.8) is 0 Å². The van der Waals surface area contributed by atoms with Gasteiger partial charge in [0.1, 0.15) is 0 Å². The van der Waals surface area contributed by atoms with Gasteiger partial charge in [-0.1, -0.05) is 32.1 Å². The van der Waals surface area contributed by atoms with E-state index < -0.39 is 0 Å². The second kappa shape index (κ2) is 10.1. The molecule has 0 aromatic carbocycles. The molecule has 0 aromatic heterocycles. The number of rotatable bonds is 9. The summed E-state index contributed by atoms with van der Waals surface area (Å²) in [6, 6.07) is 0. The molecule has 0 amide bonds. The lowest BCUT2D eigenvalue weighted by atomic mass is 10.1. The Kier molecular flexibility index (Phi) is 9.16. The number of nitrogens with zero attached hydrogens (tertiary/aromatic N) is 1. The van der Waals surface area contributed by atoms with E-state index in [0.29, 0.717) is 12.2 Å². The van der Waals surface area contributed by atoms with E-state index in [4.69, 9.17) is 4.74 Å². The van der Waals surface area contributed by atoms with Gasteiger partial charge in [-0.05, 0) is 39.0 Å². The van der Waals surface area contributed by atoms with Crippen LogP contribution in [0, 0.1) is 0 Å². The molecular weight excluding hydrogens is 242 g/mol. The Labute approximate surface area is 119 Å². The lowest BCUT2D eigenvalue weighted by Crippen LogP contribution is -2.45. The summed E-state index contributed by atoms with van der Waals surface area (Å²) in [6.07, 6.45) is 10.4. The molecule has 1 saturated heterocycles. The molecule has 1 rings (SSSR count). The minimum absolute atomic E-state index is 0.412. The zero-order valence-electron chi connectivity index (χ0n) is 12.2. The molecule has 0 aliphatic carbocycles. The van der Waals surface area contributed by atoms with Crippen LogP contribution < -0.4 is 0 Å². The van der Waals surface area contributed by atoms with Crippen LogP contribution >= 0.6 is 12.6 Å². The Bertz CT molecular complexity index is 191. The van der Waals surface area contributed by atoms with Gasteiger partial charge in [0.25, 0.3) is 0 Å². The molecule has 1 aliphatic rings. The second-order valence-electron chi connectivity index (χ2n) is 5.72. The molecule has 0 unspecified atom stereocenters. The fourth-order valence-corrected chi connectivity index (χ4v) is 3.02. The minimum atomic E-state index is 0.412. The molecule has 0 aromatic rings. The first-order valence-electron chi connectivity index (χ1n) is 7.71. The average Bonchev–Trinajstić information content (AvgIpc) is 2.31. The largest absolute Gasteiger partial charge is 0.373 e. The first-order chi connectivity index (χ1) is 8.72. The number of hydrogen-bond acceptors (Lipinski definition) is 3. The smallest absolute Gasteiger partial charge is 0.0678 e. The molecule has 0 spiro atoms. The predicted octanol–water partition coefficient (Wildman–Crippen LogP) is 3.76. The van der Waals surface area contributed by atoms with E-state index in [0.717, 1.165) is 18.8 Å². The van der Waals surface area contributed by atoms with Gasteiger partial charge in [0.05, 0.1) is 12.2 Å². The summed E-state index contributed by atoms with van der Waals surface area (Å²) in [6.45, 7) is 7.86. The summed E-state index contributed by atoms with van der Waals surface area (Å²) in [5, 5.41) is 0. The van der Waals surface area contributed by atoms with Crippen molar-refractivity contribution in [2.75, 3.05) is 25.4 Å². The molecule has 0 radical (unpaired) electrons.